The van der Waals surface area contributed by atoms with Crippen molar-refractivity contribution < 1.29 is 0 Å². The number of benzene rings is 1. The molecule has 0 amide bonds. The number of hydrogen-bond acceptors (Lipinski definition) is 2. The van der Waals surface area contributed by atoms with E-state index in [1.165, 1.54) is 36.9 Å². The number of anilines is 1. The largest absolute Gasteiger partial charge is 0.364 e. The molecule has 1 aliphatic carbocycles. The molecule has 0 unspecified atom stereocenters. The third-order valence-corrected chi connectivity index (χ3v) is 5.13. The van der Waals surface area contributed by atoms with Gasteiger partial charge in [-0.15, -0.1) is 0 Å². The van der Waals surface area contributed by atoms with Crippen LogP contribution in [0.25, 0.3) is 0 Å². The van der Waals surface area contributed by atoms with Crippen LogP contribution in [0.15, 0.2) is 41.4 Å². The van der Waals surface area contributed by atoms with Crippen molar-refractivity contribution in [3.63, 3.8) is 0 Å². The quantitative estimate of drug-likeness (QED) is 0.507. The van der Waals surface area contributed by atoms with Gasteiger partial charge < -0.3 is 15.5 Å². The molecule has 1 fully saturated rings. The highest BCUT2D eigenvalue weighted by Crippen LogP contribution is 2.23. The zero-order valence-corrected chi connectivity index (χ0v) is 15.0. The number of hydrogen-bond donors (Lipinski definition) is 2. The first-order chi connectivity index (χ1) is 11.7. The van der Waals surface area contributed by atoms with Crippen LogP contribution >= 0.6 is 0 Å². The van der Waals surface area contributed by atoms with Crippen LogP contribution in [0.2, 0.25) is 0 Å². The average Bonchev–Trinajstić information content (AvgIpc) is 3.15. The maximum atomic E-state index is 4.39. The molecule has 0 bridgehead atoms. The number of guanidine groups is 1. The predicted molar refractivity (Wildman–Crippen MR) is 103 cm³/mol. The highest BCUT2D eigenvalue weighted by atomic mass is 15.2. The van der Waals surface area contributed by atoms with Crippen LogP contribution in [0.4, 0.5) is 5.69 Å². The van der Waals surface area contributed by atoms with Crippen molar-refractivity contribution in [1.29, 1.82) is 0 Å². The molecule has 0 radical (unpaired) electrons. The fraction of sp³-hybridized carbons (Fsp3) is 0.550. The van der Waals surface area contributed by atoms with E-state index in [-0.39, 0.29) is 0 Å². The molecule has 0 aromatic heterocycles. The second-order valence-corrected chi connectivity index (χ2v) is 7.07. The Morgan fingerprint density at radius 1 is 1.17 bits per heavy atom. The van der Waals surface area contributed by atoms with Crippen LogP contribution in [-0.2, 0) is 6.54 Å². The van der Waals surface area contributed by atoms with Gasteiger partial charge in [0.15, 0.2) is 5.96 Å². The van der Waals surface area contributed by atoms with Crippen molar-refractivity contribution in [2.75, 3.05) is 25.0 Å². The Hall–Kier alpha value is -1.97. The van der Waals surface area contributed by atoms with Gasteiger partial charge in [-0.05, 0) is 49.3 Å². The zero-order valence-electron chi connectivity index (χ0n) is 15.0. The van der Waals surface area contributed by atoms with Gasteiger partial charge in [-0.2, -0.15) is 0 Å². The second kappa shape index (κ2) is 8.22. The van der Waals surface area contributed by atoms with Crippen LogP contribution in [0, 0.1) is 5.92 Å². The fourth-order valence-electron chi connectivity index (χ4n) is 3.53. The summed E-state index contributed by atoms with van der Waals surface area (Å²) in [5.41, 5.74) is 2.59. The molecular formula is C20H30N4. The van der Waals surface area contributed by atoms with Crippen molar-refractivity contribution in [3.8, 4) is 0 Å². The predicted octanol–water partition coefficient (Wildman–Crippen LogP) is 3.31. The van der Waals surface area contributed by atoms with Crippen molar-refractivity contribution in [2.24, 2.45) is 10.9 Å². The van der Waals surface area contributed by atoms with Gasteiger partial charge in [0.05, 0.1) is 0 Å². The van der Waals surface area contributed by atoms with Crippen molar-refractivity contribution in [3.05, 3.63) is 42.0 Å². The van der Waals surface area contributed by atoms with Gasteiger partial charge in [-0.1, -0.05) is 31.2 Å². The lowest BCUT2D eigenvalue weighted by Crippen LogP contribution is -2.44. The number of nitrogens with one attached hydrogen (secondary N) is 2. The molecule has 1 saturated carbocycles. The Balaban J connectivity index is 1.51. The maximum Gasteiger partial charge on any atom is 0.191 e. The molecule has 1 aromatic carbocycles. The molecule has 1 heterocycles. The summed E-state index contributed by atoms with van der Waals surface area (Å²) >= 11 is 0. The SMILES string of the molecule is CN=C(NCc1cccc(N2CC=CC2)c1)NC1CCC(C)CC1. The van der Waals surface area contributed by atoms with Gasteiger partial charge in [-0.3, -0.25) is 4.99 Å². The third-order valence-electron chi connectivity index (χ3n) is 5.13. The molecule has 130 valence electrons. The number of aliphatic imine (C=N–C) groups is 1. The molecule has 0 spiro atoms. The van der Waals surface area contributed by atoms with E-state index in [1.54, 1.807) is 0 Å². The molecule has 2 aliphatic rings. The lowest BCUT2D eigenvalue weighted by molar-refractivity contribution is 0.329. The summed E-state index contributed by atoms with van der Waals surface area (Å²) in [6.07, 6.45) is 9.59. The van der Waals surface area contributed by atoms with E-state index in [4.69, 9.17) is 0 Å². The monoisotopic (exact) mass is 326 g/mol. The Kier molecular flexibility index (Phi) is 5.78. The van der Waals surface area contributed by atoms with E-state index in [0.717, 1.165) is 31.5 Å². The summed E-state index contributed by atoms with van der Waals surface area (Å²) in [5.74, 6) is 1.80. The van der Waals surface area contributed by atoms with Gasteiger partial charge in [0.2, 0.25) is 0 Å². The summed E-state index contributed by atoms with van der Waals surface area (Å²) in [7, 11) is 1.85. The second-order valence-electron chi connectivity index (χ2n) is 7.07. The van der Waals surface area contributed by atoms with Crippen molar-refractivity contribution in [2.45, 2.75) is 45.2 Å². The van der Waals surface area contributed by atoms with Crippen LogP contribution in [0.5, 0.6) is 0 Å². The van der Waals surface area contributed by atoms with Crippen LogP contribution in [-0.4, -0.2) is 32.1 Å². The average molecular weight is 326 g/mol. The summed E-state index contributed by atoms with van der Waals surface area (Å²) < 4.78 is 0. The molecule has 0 atom stereocenters. The van der Waals surface area contributed by atoms with Gasteiger partial charge in [-0.25, -0.2) is 0 Å². The van der Waals surface area contributed by atoms with Gasteiger partial charge in [0, 0.05) is 38.4 Å². The first kappa shape index (κ1) is 16.9. The minimum atomic E-state index is 0.564. The Morgan fingerprint density at radius 3 is 2.62 bits per heavy atom. The fourth-order valence-corrected chi connectivity index (χ4v) is 3.53. The summed E-state index contributed by atoms with van der Waals surface area (Å²) in [6.45, 7) is 5.19. The summed E-state index contributed by atoms with van der Waals surface area (Å²) in [6, 6.07) is 9.34. The van der Waals surface area contributed by atoms with Crippen LogP contribution in [0.1, 0.15) is 38.2 Å². The molecule has 4 heteroatoms. The van der Waals surface area contributed by atoms with E-state index in [0.29, 0.717) is 6.04 Å². The lowest BCUT2D eigenvalue weighted by atomic mass is 9.87. The van der Waals surface area contributed by atoms with E-state index in [9.17, 15) is 0 Å². The van der Waals surface area contributed by atoms with Gasteiger partial charge in [0.1, 0.15) is 0 Å². The number of nitrogens with zero attached hydrogens (tertiary/aromatic N) is 2. The van der Waals surface area contributed by atoms with Gasteiger partial charge >= 0.3 is 0 Å². The first-order valence-corrected chi connectivity index (χ1v) is 9.20. The van der Waals surface area contributed by atoms with E-state index < -0.39 is 0 Å². The molecule has 1 aliphatic heterocycles. The molecule has 1 aromatic rings. The van der Waals surface area contributed by atoms with Crippen LogP contribution < -0.4 is 15.5 Å². The normalized spacial score (nSPS) is 24.2. The van der Waals surface area contributed by atoms with E-state index in [2.05, 4.69) is 63.9 Å². The Labute approximate surface area is 146 Å². The molecule has 0 saturated heterocycles. The highest BCUT2D eigenvalue weighted by Gasteiger charge is 2.18. The zero-order chi connectivity index (χ0) is 16.8. The summed E-state index contributed by atoms with van der Waals surface area (Å²) in [4.78, 5) is 6.76. The third kappa shape index (κ3) is 4.53. The van der Waals surface area contributed by atoms with E-state index >= 15 is 0 Å². The summed E-state index contributed by atoms with van der Waals surface area (Å²) in [5, 5.41) is 7.05. The molecule has 24 heavy (non-hydrogen) atoms. The highest BCUT2D eigenvalue weighted by molar-refractivity contribution is 5.80. The molecule has 4 nitrogen and oxygen atoms in total. The van der Waals surface area contributed by atoms with Crippen molar-refractivity contribution in [1.82, 2.24) is 10.6 Å². The lowest BCUT2D eigenvalue weighted by Gasteiger charge is -2.28. The van der Waals surface area contributed by atoms with Crippen molar-refractivity contribution >= 4 is 11.6 Å². The minimum absolute atomic E-state index is 0.564. The maximum absolute atomic E-state index is 4.39. The first-order valence-electron chi connectivity index (χ1n) is 9.20. The molecule has 2 N–H and O–H groups in total. The Bertz CT molecular complexity index is 577. The van der Waals surface area contributed by atoms with Gasteiger partial charge in [0.25, 0.3) is 0 Å². The minimum Gasteiger partial charge on any atom is -0.364 e. The van der Waals surface area contributed by atoms with E-state index in [1.807, 2.05) is 7.05 Å². The Morgan fingerprint density at radius 2 is 1.92 bits per heavy atom. The molecular weight excluding hydrogens is 296 g/mol. The number of rotatable bonds is 4. The molecule has 3 rings (SSSR count). The van der Waals surface area contributed by atoms with Crippen LogP contribution in [0.3, 0.4) is 0 Å². The topological polar surface area (TPSA) is 39.7 Å². The standard InChI is InChI=1S/C20H30N4/c1-16-8-10-18(11-9-16)23-20(21-2)22-15-17-6-5-7-19(14-17)24-12-3-4-13-24/h3-7,14,16,18H,8-13,15H2,1-2H3,(H2,21,22,23). The smallest absolute Gasteiger partial charge is 0.191 e.